The Labute approximate surface area is 57.8 Å². The van der Waals surface area contributed by atoms with Gasteiger partial charge in [0, 0.05) is 13.1 Å². The Hall–Kier alpha value is -0.0400. The summed E-state index contributed by atoms with van der Waals surface area (Å²) in [5.41, 5.74) is 0.627. The largest absolute Gasteiger partial charge is 0.242 e. The van der Waals surface area contributed by atoms with Crippen molar-refractivity contribution in [2.24, 2.45) is 5.41 Å². The van der Waals surface area contributed by atoms with E-state index in [9.17, 15) is 0 Å². The van der Waals surface area contributed by atoms with Gasteiger partial charge in [0.15, 0.2) is 0 Å². The van der Waals surface area contributed by atoms with Crippen molar-refractivity contribution in [2.75, 3.05) is 13.1 Å². The Morgan fingerprint density at radius 1 is 1.33 bits per heavy atom. The fraction of sp³-hybridized carbons (Fsp3) is 1.00. The van der Waals surface area contributed by atoms with Crippen LogP contribution in [0.15, 0.2) is 0 Å². The van der Waals surface area contributed by atoms with E-state index in [1.54, 1.807) is 0 Å². The first-order valence-electron chi connectivity index (χ1n) is 3.90. The Kier molecular flexibility index (Phi) is 2.12. The van der Waals surface area contributed by atoms with Crippen LogP contribution in [0, 0.1) is 5.41 Å². The molecule has 1 aliphatic rings. The highest BCUT2D eigenvalue weighted by Gasteiger charge is 2.24. The molecule has 1 saturated heterocycles. The summed E-state index contributed by atoms with van der Waals surface area (Å²) in [6.07, 6.45) is 3.94. The molecule has 0 aromatic heterocycles. The summed E-state index contributed by atoms with van der Waals surface area (Å²) in [6.45, 7) is 6.86. The van der Waals surface area contributed by atoms with Crippen molar-refractivity contribution in [3.63, 3.8) is 0 Å². The molecule has 0 saturated carbocycles. The highest BCUT2D eigenvalue weighted by atomic mass is 14.9. The lowest BCUT2D eigenvalue weighted by Crippen LogP contribution is -2.30. The topological polar surface area (TPSA) is 14.1 Å². The Bertz CT molecular complexity index is 82.6. The summed E-state index contributed by atoms with van der Waals surface area (Å²) in [6, 6.07) is 0. The minimum absolute atomic E-state index is 0.627. The van der Waals surface area contributed by atoms with Gasteiger partial charge in [0.2, 0.25) is 0 Å². The standard InChI is InChI=1S/C8H16N/c1-3-8(2)4-6-9-7-5-8/h3-7H2,1-2H3. The number of hydrogen-bond acceptors (Lipinski definition) is 0. The van der Waals surface area contributed by atoms with Gasteiger partial charge in [0.1, 0.15) is 0 Å². The van der Waals surface area contributed by atoms with Gasteiger partial charge in [-0.1, -0.05) is 20.3 Å². The molecule has 1 fully saturated rings. The number of nitrogens with zero attached hydrogens (tertiary/aromatic N) is 1. The average Bonchev–Trinajstić information content (AvgIpc) is 1.90. The minimum Gasteiger partial charge on any atom is -0.242 e. The SMILES string of the molecule is CCC1(C)CC[N]CC1. The van der Waals surface area contributed by atoms with E-state index in [0.29, 0.717) is 5.41 Å². The maximum Gasteiger partial charge on any atom is 0.0138 e. The lowest BCUT2D eigenvalue weighted by Gasteiger charge is -2.31. The van der Waals surface area contributed by atoms with E-state index in [2.05, 4.69) is 19.2 Å². The van der Waals surface area contributed by atoms with Gasteiger partial charge < -0.3 is 0 Å². The fourth-order valence-electron chi connectivity index (χ4n) is 1.29. The van der Waals surface area contributed by atoms with E-state index in [1.165, 1.54) is 19.3 Å². The van der Waals surface area contributed by atoms with Crippen LogP contribution in [0.25, 0.3) is 0 Å². The molecule has 0 unspecified atom stereocenters. The molecule has 1 radical (unpaired) electrons. The zero-order valence-electron chi connectivity index (χ0n) is 6.48. The second kappa shape index (κ2) is 2.70. The number of rotatable bonds is 1. The fourth-order valence-corrected chi connectivity index (χ4v) is 1.29. The number of piperidine rings is 1. The van der Waals surface area contributed by atoms with Crippen LogP contribution in [0.1, 0.15) is 33.1 Å². The van der Waals surface area contributed by atoms with Crippen molar-refractivity contribution in [3.8, 4) is 0 Å². The number of hydrogen-bond donors (Lipinski definition) is 0. The molecule has 1 heterocycles. The van der Waals surface area contributed by atoms with E-state index in [1.807, 2.05) is 0 Å². The van der Waals surface area contributed by atoms with Gasteiger partial charge in [-0.25, -0.2) is 5.32 Å². The highest BCUT2D eigenvalue weighted by Crippen LogP contribution is 2.31. The van der Waals surface area contributed by atoms with Gasteiger partial charge in [0.05, 0.1) is 0 Å². The molecule has 0 bridgehead atoms. The van der Waals surface area contributed by atoms with Crippen molar-refractivity contribution >= 4 is 0 Å². The third-order valence-corrected chi connectivity index (χ3v) is 2.60. The molecule has 0 aromatic carbocycles. The van der Waals surface area contributed by atoms with Gasteiger partial charge in [-0.15, -0.1) is 0 Å². The molecule has 9 heavy (non-hydrogen) atoms. The molecular formula is C8H16N. The maximum absolute atomic E-state index is 4.32. The van der Waals surface area contributed by atoms with E-state index in [0.717, 1.165) is 13.1 Å². The van der Waals surface area contributed by atoms with Crippen molar-refractivity contribution in [3.05, 3.63) is 0 Å². The van der Waals surface area contributed by atoms with Crippen LogP contribution in [-0.4, -0.2) is 13.1 Å². The van der Waals surface area contributed by atoms with Gasteiger partial charge in [0.25, 0.3) is 0 Å². The lowest BCUT2D eigenvalue weighted by atomic mass is 9.79. The summed E-state index contributed by atoms with van der Waals surface area (Å²) < 4.78 is 0. The summed E-state index contributed by atoms with van der Waals surface area (Å²) in [7, 11) is 0. The van der Waals surface area contributed by atoms with Gasteiger partial charge >= 0.3 is 0 Å². The third kappa shape index (κ3) is 1.68. The molecule has 0 amide bonds. The minimum atomic E-state index is 0.627. The molecule has 0 spiro atoms. The third-order valence-electron chi connectivity index (χ3n) is 2.60. The second-order valence-electron chi connectivity index (χ2n) is 3.34. The zero-order chi connectivity index (χ0) is 6.74. The summed E-state index contributed by atoms with van der Waals surface area (Å²) >= 11 is 0. The molecule has 0 aromatic rings. The van der Waals surface area contributed by atoms with E-state index >= 15 is 0 Å². The molecule has 53 valence electrons. The van der Waals surface area contributed by atoms with Crippen molar-refractivity contribution < 1.29 is 0 Å². The predicted octanol–water partition coefficient (Wildman–Crippen LogP) is 1.80. The maximum atomic E-state index is 4.32. The first-order chi connectivity index (χ1) is 4.27. The van der Waals surface area contributed by atoms with Gasteiger partial charge in [-0.05, 0) is 18.3 Å². The van der Waals surface area contributed by atoms with Gasteiger partial charge in [-0.3, -0.25) is 0 Å². The van der Waals surface area contributed by atoms with Crippen molar-refractivity contribution in [2.45, 2.75) is 33.1 Å². The molecule has 1 rings (SSSR count). The monoisotopic (exact) mass is 126 g/mol. The smallest absolute Gasteiger partial charge is 0.0138 e. The quantitative estimate of drug-likeness (QED) is 0.508. The highest BCUT2D eigenvalue weighted by molar-refractivity contribution is 4.78. The molecule has 0 N–H and O–H groups in total. The molecular weight excluding hydrogens is 110 g/mol. The average molecular weight is 126 g/mol. The molecule has 1 aliphatic heterocycles. The van der Waals surface area contributed by atoms with Crippen LogP contribution in [-0.2, 0) is 0 Å². The van der Waals surface area contributed by atoms with Crippen LogP contribution in [0.2, 0.25) is 0 Å². The zero-order valence-corrected chi connectivity index (χ0v) is 6.48. The first kappa shape index (κ1) is 7.07. The molecule has 0 atom stereocenters. The molecule has 1 heteroatoms. The van der Waals surface area contributed by atoms with Crippen LogP contribution in [0.3, 0.4) is 0 Å². The second-order valence-corrected chi connectivity index (χ2v) is 3.34. The van der Waals surface area contributed by atoms with Crippen molar-refractivity contribution in [1.29, 1.82) is 0 Å². The van der Waals surface area contributed by atoms with E-state index in [-0.39, 0.29) is 0 Å². The molecule has 1 nitrogen and oxygen atoms in total. The van der Waals surface area contributed by atoms with Crippen LogP contribution in [0.4, 0.5) is 0 Å². The van der Waals surface area contributed by atoms with Crippen LogP contribution >= 0.6 is 0 Å². The van der Waals surface area contributed by atoms with Crippen LogP contribution < -0.4 is 5.32 Å². The first-order valence-corrected chi connectivity index (χ1v) is 3.90. The Balaban J connectivity index is 2.37. The van der Waals surface area contributed by atoms with Crippen molar-refractivity contribution in [1.82, 2.24) is 5.32 Å². The predicted molar refractivity (Wildman–Crippen MR) is 39.5 cm³/mol. The van der Waals surface area contributed by atoms with Gasteiger partial charge in [-0.2, -0.15) is 0 Å². The summed E-state index contributed by atoms with van der Waals surface area (Å²) in [5, 5.41) is 4.32. The molecule has 0 aliphatic carbocycles. The van der Waals surface area contributed by atoms with E-state index < -0.39 is 0 Å². The summed E-state index contributed by atoms with van der Waals surface area (Å²) in [4.78, 5) is 0. The van der Waals surface area contributed by atoms with Crippen LogP contribution in [0.5, 0.6) is 0 Å². The Morgan fingerprint density at radius 3 is 2.22 bits per heavy atom. The Morgan fingerprint density at radius 2 is 1.89 bits per heavy atom. The summed E-state index contributed by atoms with van der Waals surface area (Å²) in [5.74, 6) is 0. The van der Waals surface area contributed by atoms with E-state index in [4.69, 9.17) is 0 Å². The lowest BCUT2D eigenvalue weighted by molar-refractivity contribution is 0.218. The normalized spacial score (nSPS) is 26.0.